The van der Waals surface area contributed by atoms with Crippen molar-refractivity contribution in [3.8, 4) is 0 Å². The molecule has 0 unspecified atom stereocenters. The van der Waals surface area contributed by atoms with Crippen LogP contribution in [0.5, 0.6) is 0 Å². The largest absolute Gasteiger partial charge is 0.364 e. The molecule has 2 amide bonds. The molecule has 0 atom stereocenters. The molecule has 12 heteroatoms. The maximum Gasteiger partial charge on any atom is 0.364 e. The third kappa shape index (κ3) is 3.58. The Morgan fingerprint density at radius 2 is 1.93 bits per heavy atom. The molecular weight excluding hydrogens is 384 g/mol. The highest BCUT2D eigenvalue weighted by Gasteiger charge is 2.33. The molecule has 142 valence electrons. The summed E-state index contributed by atoms with van der Waals surface area (Å²) < 4.78 is 29.4. The molecule has 0 spiro atoms. The van der Waals surface area contributed by atoms with Gasteiger partial charge in [-0.3, -0.25) is 14.3 Å². The van der Waals surface area contributed by atoms with E-state index in [0.717, 1.165) is 10.6 Å². The van der Waals surface area contributed by atoms with Crippen LogP contribution in [0.2, 0.25) is 0 Å². The Kier molecular flexibility index (Phi) is 4.56. The van der Waals surface area contributed by atoms with Gasteiger partial charge in [0, 0.05) is 32.1 Å². The fourth-order valence-electron chi connectivity index (χ4n) is 2.47. The number of aromatic nitrogens is 5. The smallest absolute Gasteiger partial charge is 0.354 e. The SMILES string of the molecule is CNC(=O)c1nn(C)cc1NC(=O)c1cc2nc(C)cc(C(F)(F)Cl)n2n1. The van der Waals surface area contributed by atoms with Crippen molar-refractivity contribution in [3.63, 3.8) is 0 Å². The third-order valence-corrected chi connectivity index (χ3v) is 3.79. The van der Waals surface area contributed by atoms with Crippen LogP contribution in [0, 0.1) is 6.92 Å². The summed E-state index contributed by atoms with van der Waals surface area (Å²) in [7, 11) is 3.00. The minimum atomic E-state index is -3.69. The first-order chi connectivity index (χ1) is 12.6. The van der Waals surface area contributed by atoms with E-state index in [1.165, 1.54) is 30.9 Å². The predicted molar refractivity (Wildman–Crippen MR) is 92.0 cm³/mol. The Morgan fingerprint density at radius 1 is 1.22 bits per heavy atom. The van der Waals surface area contributed by atoms with Crippen molar-refractivity contribution >= 4 is 34.7 Å². The predicted octanol–water partition coefficient (Wildman–Crippen LogP) is 1.67. The fraction of sp³-hybridized carbons (Fsp3) is 0.267. The number of rotatable bonds is 4. The zero-order valence-electron chi connectivity index (χ0n) is 14.4. The summed E-state index contributed by atoms with van der Waals surface area (Å²) in [5.41, 5.74) is -0.322. The van der Waals surface area contributed by atoms with Gasteiger partial charge in [0.2, 0.25) is 0 Å². The number of fused-ring (bicyclic) bond motifs is 1. The van der Waals surface area contributed by atoms with Crippen molar-refractivity contribution in [1.29, 1.82) is 0 Å². The quantitative estimate of drug-likeness (QED) is 0.651. The molecule has 3 aromatic rings. The second-order valence-corrected chi connectivity index (χ2v) is 6.15. The second-order valence-electron chi connectivity index (χ2n) is 5.68. The Balaban J connectivity index is 1.99. The summed E-state index contributed by atoms with van der Waals surface area (Å²) in [4.78, 5) is 28.4. The topological polar surface area (TPSA) is 106 Å². The molecule has 0 radical (unpaired) electrons. The molecule has 27 heavy (non-hydrogen) atoms. The number of carbonyl (C=O) groups excluding carboxylic acids is 2. The highest BCUT2D eigenvalue weighted by atomic mass is 35.5. The van der Waals surface area contributed by atoms with Gasteiger partial charge < -0.3 is 10.6 Å². The number of aryl methyl sites for hydroxylation is 2. The standard InChI is InChI=1S/C15H14ClF2N7O2/c1-7-4-10(15(16,17)18)25-11(20-7)5-8(22-25)13(26)21-9-6-24(3)23-12(9)14(27)19-2/h4-6H,1-3H3,(H,19,27)(H,21,26). The normalized spacial score (nSPS) is 11.6. The van der Waals surface area contributed by atoms with Crippen LogP contribution in [-0.2, 0) is 12.4 Å². The van der Waals surface area contributed by atoms with E-state index >= 15 is 0 Å². The molecule has 2 N–H and O–H groups in total. The van der Waals surface area contributed by atoms with Crippen LogP contribution in [0.3, 0.4) is 0 Å². The Labute approximate surface area is 156 Å². The van der Waals surface area contributed by atoms with E-state index in [1.807, 2.05) is 0 Å². The number of anilines is 1. The number of amides is 2. The number of alkyl halides is 3. The number of hydrogen-bond acceptors (Lipinski definition) is 5. The third-order valence-electron chi connectivity index (χ3n) is 3.60. The van der Waals surface area contributed by atoms with Crippen molar-refractivity contribution in [1.82, 2.24) is 29.7 Å². The molecule has 0 bridgehead atoms. The molecule has 3 aromatic heterocycles. The lowest BCUT2D eigenvalue weighted by atomic mass is 10.3. The summed E-state index contributed by atoms with van der Waals surface area (Å²) >= 11 is 5.12. The van der Waals surface area contributed by atoms with Crippen LogP contribution in [0.25, 0.3) is 5.65 Å². The second kappa shape index (κ2) is 6.58. The average Bonchev–Trinajstić information content (AvgIpc) is 3.15. The molecule has 0 aliphatic rings. The van der Waals surface area contributed by atoms with Crippen molar-refractivity contribution < 1.29 is 18.4 Å². The van der Waals surface area contributed by atoms with E-state index in [1.54, 1.807) is 7.05 Å². The number of hydrogen-bond donors (Lipinski definition) is 2. The summed E-state index contributed by atoms with van der Waals surface area (Å²) in [6, 6.07) is 2.32. The van der Waals surface area contributed by atoms with Gasteiger partial charge in [0.15, 0.2) is 17.0 Å². The molecule has 3 heterocycles. The van der Waals surface area contributed by atoms with Gasteiger partial charge in [0.05, 0.1) is 5.69 Å². The monoisotopic (exact) mass is 397 g/mol. The number of carbonyl (C=O) groups is 2. The van der Waals surface area contributed by atoms with Gasteiger partial charge in [0.1, 0.15) is 5.69 Å². The lowest BCUT2D eigenvalue weighted by Crippen LogP contribution is -2.21. The molecule has 0 aromatic carbocycles. The molecule has 0 saturated heterocycles. The lowest BCUT2D eigenvalue weighted by Gasteiger charge is -2.10. The van der Waals surface area contributed by atoms with Crippen LogP contribution in [0.15, 0.2) is 18.3 Å². The lowest BCUT2D eigenvalue weighted by molar-refractivity contribution is 0.0867. The molecule has 0 saturated carbocycles. The molecule has 0 aliphatic carbocycles. The first-order valence-electron chi connectivity index (χ1n) is 7.62. The molecule has 9 nitrogen and oxygen atoms in total. The van der Waals surface area contributed by atoms with Crippen LogP contribution in [0.4, 0.5) is 14.5 Å². The number of halogens is 3. The Morgan fingerprint density at radius 3 is 2.56 bits per heavy atom. The molecule has 0 fully saturated rings. The maximum absolute atomic E-state index is 13.6. The first kappa shape index (κ1) is 18.7. The molecule has 0 aliphatic heterocycles. The minimum absolute atomic E-state index is 0.000867. The zero-order chi connectivity index (χ0) is 19.9. The summed E-state index contributed by atoms with van der Waals surface area (Å²) in [6.45, 7) is 1.52. The van der Waals surface area contributed by atoms with Gasteiger partial charge in [0.25, 0.3) is 11.8 Å². The van der Waals surface area contributed by atoms with Gasteiger partial charge in [-0.1, -0.05) is 0 Å². The summed E-state index contributed by atoms with van der Waals surface area (Å²) in [5.74, 6) is -1.22. The minimum Gasteiger partial charge on any atom is -0.354 e. The zero-order valence-corrected chi connectivity index (χ0v) is 15.2. The number of nitrogens with zero attached hydrogens (tertiary/aromatic N) is 5. The van der Waals surface area contributed by atoms with E-state index in [9.17, 15) is 18.4 Å². The van der Waals surface area contributed by atoms with Crippen LogP contribution in [0.1, 0.15) is 32.4 Å². The summed E-state index contributed by atoms with van der Waals surface area (Å²) in [6.07, 6.45) is 1.43. The van der Waals surface area contributed by atoms with E-state index in [0.29, 0.717) is 5.69 Å². The first-order valence-corrected chi connectivity index (χ1v) is 7.99. The summed E-state index contributed by atoms with van der Waals surface area (Å²) in [5, 5.41) is 9.03. The average molecular weight is 398 g/mol. The Hall–Kier alpha value is -3.08. The van der Waals surface area contributed by atoms with Crippen LogP contribution in [-0.4, -0.2) is 43.2 Å². The van der Waals surface area contributed by atoms with Crippen LogP contribution >= 0.6 is 11.6 Å². The van der Waals surface area contributed by atoms with Crippen molar-refractivity contribution in [2.24, 2.45) is 7.05 Å². The Bertz CT molecular complexity index is 1050. The number of nitrogens with one attached hydrogen (secondary N) is 2. The van der Waals surface area contributed by atoms with Crippen LogP contribution < -0.4 is 10.6 Å². The fourth-order valence-corrected chi connectivity index (χ4v) is 2.60. The van der Waals surface area contributed by atoms with Gasteiger partial charge in [-0.2, -0.15) is 19.0 Å². The van der Waals surface area contributed by atoms with Crippen molar-refractivity contribution in [3.05, 3.63) is 41.1 Å². The van der Waals surface area contributed by atoms with E-state index in [-0.39, 0.29) is 22.7 Å². The van der Waals surface area contributed by atoms with Crippen molar-refractivity contribution in [2.75, 3.05) is 12.4 Å². The van der Waals surface area contributed by atoms with Gasteiger partial charge in [-0.05, 0) is 24.6 Å². The highest BCUT2D eigenvalue weighted by Crippen LogP contribution is 2.32. The molecular formula is C15H14ClF2N7O2. The van der Waals surface area contributed by atoms with E-state index in [2.05, 4.69) is 25.8 Å². The molecule has 3 rings (SSSR count). The van der Waals surface area contributed by atoms with Gasteiger partial charge >= 0.3 is 5.38 Å². The van der Waals surface area contributed by atoms with Crippen molar-refractivity contribution in [2.45, 2.75) is 12.3 Å². The van der Waals surface area contributed by atoms with E-state index < -0.39 is 22.9 Å². The maximum atomic E-state index is 13.6. The van der Waals surface area contributed by atoms with Gasteiger partial charge in [-0.15, -0.1) is 0 Å². The highest BCUT2D eigenvalue weighted by molar-refractivity contribution is 6.21. The van der Waals surface area contributed by atoms with Gasteiger partial charge in [-0.25, -0.2) is 9.50 Å². The van der Waals surface area contributed by atoms with E-state index in [4.69, 9.17) is 11.6 Å².